The third-order valence-electron chi connectivity index (χ3n) is 3.08. The van der Waals surface area contributed by atoms with Crippen LogP contribution in [0.4, 0.5) is 0 Å². The van der Waals surface area contributed by atoms with Crippen molar-refractivity contribution in [1.29, 1.82) is 0 Å². The van der Waals surface area contributed by atoms with Gasteiger partial charge in [0, 0.05) is 25.0 Å². The van der Waals surface area contributed by atoms with Crippen LogP contribution < -0.4 is 4.72 Å². The summed E-state index contributed by atoms with van der Waals surface area (Å²) in [5.41, 5.74) is 0. The van der Waals surface area contributed by atoms with Crippen LogP contribution in [-0.2, 0) is 10.2 Å². The molecule has 1 atom stereocenters. The van der Waals surface area contributed by atoms with Gasteiger partial charge in [0.1, 0.15) is 0 Å². The SMILES string of the molecule is CC(CBr)CCCNS(=O)(=O)N1CCCCC1. The van der Waals surface area contributed by atoms with E-state index in [1.165, 1.54) is 0 Å². The maximum atomic E-state index is 11.9. The second kappa shape index (κ2) is 7.71. The number of nitrogens with one attached hydrogen (secondary N) is 1. The van der Waals surface area contributed by atoms with Gasteiger partial charge < -0.3 is 0 Å². The molecule has 4 nitrogen and oxygen atoms in total. The van der Waals surface area contributed by atoms with Crippen molar-refractivity contribution in [3.8, 4) is 0 Å². The summed E-state index contributed by atoms with van der Waals surface area (Å²) in [6.07, 6.45) is 5.07. The molecule has 1 N–H and O–H groups in total. The first-order chi connectivity index (χ1) is 8.06. The number of hydrogen-bond donors (Lipinski definition) is 1. The van der Waals surface area contributed by atoms with Crippen molar-refractivity contribution >= 4 is 26.1 Å². The first kappa shape index (κ1) is 15.4. The highest BCUT2D eigenvalue weighted by molar-refractivity contribution is 9.09. The molecule has 1 saturated heterocycles. The Morgan fingerprint density at radius 2 is 1.94 bits per heavy atom. The third kappa shape index (κ3) is 5.68. The Kier molecular flexibility index (Phi) is 6.99. The van der Waals surface area contributed by atoms with E-state index in [-0.39, 0.29) is 0 Å². The zero-order valence-electron chi connectivity index (χ0n) is 10.5. The summed E-state index contributed by atoms with van der Waals surface area (Å²) in [6, 6.07) is 0. The van der Waals surface area contributed by atoms with Gasteiger partial charge in [0.2, 0.25) is 0 Å². The Morgan fingerprint density at radius 3 is 2.53 bits per heavy atom. The van der Waals surface area contributed by atoms with Crippen molar-refractivity contribution in [2.75, 3.05) is 25.0 Å². The molecule has 1 rings (SSSR count). The molecular weight excluding hydrogens is 304 g/mol. The Hall–Kier alpha value is 0.350. The fourth-order valence-corrected chi connectivity index (χ4v) is 3.57. The highest BCUT2D eigenvalue weighted by Gasteiger charge is 2.22. The van der Waals surface area contributed by atoms with Gasteiger partial charge in [-0.3, -0.25) is 0 Å². The number of hydrogen-bond acceptors (Lipinski definition) is 2. The molecule has 0 spiro atoms. The molecule has 0 saturated carbocycles. The van der Waals surface area contributed by atoms with Crippen LogP contribution in [0.2, 0.25) is 0 Å². The summed E-state index contributed by atoms with van der Waals surface area (Å²) in [6.45, 7) is 4.06. The van der Waals surface area contributed by atoms with Crippen LogP contribution in [0, 0.1) is 5.92 Å². The molecule has 17 heavy (non-hydrogen) atoms. The minimum absolute atomic E-state index is 0.552. The maximum Gasteiger partial charge on any atom is 0.279 e. The van der Waals surface area contributed by atoms with E-state index < -0.39 is 10.2 Å². The van der Waals surface area contributed by atoms with Gasteiger partial charge in [0.05, 0.1) is 0 Å². The van der Waals surface area contributed by atoms with Gasteiger partial charge in [0.25, 0.3) is 10.2 Å². The largest absolute Gasteiger partial charge is 0.279 e. The highest BCUT2D eigenvalue weighted by atomic mass is 79.9. The summed E-state index contributed by atoms with van der Waals surface area (Å²) in [5.74, 6) is 0.606. The Bertz CT molecular complexity index is 303. The smallest absolute Gasteiger partial charge is 0.202 e. The second-order valence-electron chi connectivity index (χ2n) is 4.76. The average Bonchev–Trinajstić information content (AvgIpc) is 2.35. The molecule has 0 amide bonds. The van der Waals surface area contributed by atoms with Crippen molar-refractivity contribution in [3.63, 3.8) is 0 Å². The molecule has 6 heteroatoms. The molecular formula is C11H23BrN2O2S. The van der Waals surface area contributed by atoms with E-state index in [0.717, 1.165) is 37.4 Å². The summed E-state index contributed by atoms with van der Waals surface area (Å²) < 4.78 is 28.1. The van der Waals surface area contributed by atoms with Gasteiger partial charge in [-0.2, -0.15) is 12.7 Å². The fourth-order valence-electron chi connectivity index (χ4n) is 1.93. The lowest BCUT2D eigenvalue weighted by Crippen LogP contribution is -2.43. The molecule has 0 aromatic carbocycles. The highest BCUT2D eigenvalue weighted by Crippen LogP contribution is 2.12. The number of halogens is 1. The Labute approximate surface area is 113 Å². The van der Waals surface area contributed by atoms with E-state index in [1.807, 2.05) is 0 Å². The Morgan fingerprint density at radius 1 is 1.29 bits per heavy atom. The summed E-state index contributed by atoms with van der Waals surface area (Å²) in [7, 11) is -3.22. The summed E-state index contributed by atoms with van der Waals surface area (Å²) in [4.78, 5) is 0. The molecule has 0 aliphatic carbocycles. The van der Waals surface area contributed by atoms with E-state index in [2.05, 4.69) is 27.6 Å². The minimum atomic E-state index is -3.22. The number of alkyl halides is 1. The van der Waals surface area contributed by atoms with Crippen molar-refractivity contribution in [1.82, 2.24) is 9.03 Å². The first-order valence-electron chi connectivity index (χ1n) is 6.37. The van der Waals surface area contributed by atoms with Crippen LogP contribution in [0.3, 0.4) is 0 Å². The molecule has 1 aliphatic rings. The van der Waals surface area contributed by atoms with Crippen LogP contribution in [0.1, 0.15) is 39.0 Å². The summed E-state index contributed by atoms with van der Waals surface area (Å²) in [5, 5.41) is 0.978. The minimum Gasteiger partial charge on any atom is -0.202 e. The zero-order chi connectivity index (χ0) is 12.7. The molecule has 1 fully saturated rings. The van der Waals surface area contributed by atoms with Crippen molar-refractivity contribution in [3.05, 3.63) is 0 Å². The zero-order valence-corrected chi connectivity index (χ0v) is 12.9. The van der Waals surface area contributed by atoms with Crippen LogP contribution in [0.15, 0.2) is 0 Å². The van der Waals surface area contributed by atoms with Gasteiger partial charge in [-0.15, -0.1) is 0 Å². The lowest BCUT2D eigenvalue weighted by atomic mass is 10.1. The monoisotopic (exact) mass is 326 g/mol. The predicted molar refractivity (Wildman–Crippen MR) is 74.5 cm³/mol. The lowest BCUT2D eigenvalue weighted by molar-refractivity contribution is 0.341. The van der Waals surface area contributed by atoms with Gasteiger partial charge in [-0.25, -0.2) is 4.72 Å². The second-order valence-corrected chi connectivity index (χ2v) is 7.16. The van der Waals surface area contributed by atoms with Crippen LogP contribution in [-0.4, -0.2) is 37.7 Å². The predicted octanol–water partition coefficient (Wildman–Crippen LogP) is 2.12. The van der Waals surface area contributed by atoms with Gasteiger partial charge in [-0.05, 0) is 31.6 Å². The number of rotatable bonds is 7. The standard InChI is InChI=1S/C11H23BrN2O2S/c1-11(10-12)6-5-7-13-17(15,16)14-8-3-2-4-9-14/h11,13H,2-10H2,1H3. The summed E-state index contributed by atoms with van der Waals surface area (Å²) >= 11 is 3.42. The quantitative estimate of drug-likeness (QED) is 0.575. The fraction of sp³-hybridized carbons (Fsp3) is 1.00. The molecule has 1 heterocycles. The molecule has 102 valence electrons. The van der Waals surface area contributed by atoms with Crippen molar-refractivity contribution in [2.24, 2.45) is 5.92 Å². The molecule has 0 aromatic heterocycles. The Balaban J connectivity index is 2.24. The molecule has 0 aromatic rings. The molecule has 1 aliphatic heterocycles. The van der Waals surface area contributed by atoms with E-state index in [0.29, 0.717) is 25.6 Å². The van der Waals surface area contributed by atoms with Crippen LogP contribution in [0.5, 0.6) is 0 Å². The average molecular weight is 327 g/mol. The molecule has 1 unspecified atom stereocenters. The van der Waals surface area contributed by atoms with Gasteiger partial charge in [-0.1, -0.05) is 29.3 Å². The normalized spacial score (nSPS) is 20.4. The van der Waals surface area contributed by atoms with Crippen molar-refractivity contribution < 1.29 is 8.42 Å². The number of nitrogens with zero attached hydrogens (tertiary/aromatic N) is 1. The van der Waals surface area contributed by atoms with Gasteiger partial charge >= 0.3 is 0 Å². The molecule has 0 radical (unpaired) electrons. The lowest BCUT2D eigenvalue weighted by Gasteiger charge is -2.25. The topological polar surface area (TPSA) is 49.4 Å². The van der Waals surface area contributed by atoms with E-state index in [4.69, 9.17) is 0 Å². The maximum absolute atomic E-state index is 11.9. The van der Waals surface area contributed by atoms with Gasteiger partial charge in [0.15, 0.2) is 0 Å². The number of piperidine rings is 1. The molecule has 0 bridgehead atoms. The van der Waals surface area contributed by atoms with Crippen LogP contribution in [0.25, 0.3) is 0 Å². The van der Waals surface area contributed by atoms with Crippen molar-refractivity contribution in [2.45, 2.75) is 39.0 Å². The van der Waals surface area contributed by atoms with E-state index in [1.54, 1.807) is 4.31 Å². The van der Waals surface area contributed by atoms with E-state index in [9.17, 15) is 8.42 Å². The van der Waals surface area contributed by atoms with Crippen LogP contribution >= 0.6 is 15.9 Å². The van der Waals surface area contributed by atoms with E-state index >= 15 is 0 Å². The first-order valence-corrected chi connectivity index (χ1v) is 8.93. The third-order valence-corrected chi connectivity index (χ3v) is 5.80.